The van der Waals surface area contributed by atoms with E-state index in [0.717, 1.165) is 0 Å². The summed E-state index contributed by atoms with van der Waals surface area (Å²) < 4.78 is 38.4. The van der Waals surface area contributed by atoms with Gasteiger partial charge in [-0.25, -0.2) is 12.8 Å². The largest absolute Gasteiger partial charge is 0.392 e. The highest BCUT2D eigenvalue weighted by molar-refractivity contribution is 14.1. The topological polar surface area (TPSA) is 72.2 Å². The van der Waals surface area contributed by atoms with E-state index in [4.69, 9.17) is 5.73 Å². The predicted molar refractivity (Wildman–Crippen MR) is 73.3 cm³/mol. The molecule has 0 aliphatic rings. The number of rotatable bonds is 4. The van der Waals surface area contributed by atoms with E-state index in [-0.39, 0.29) is 4.99 Å². The van der Waals surface area contributed by atoms with Gasteiger partial charge in [-0.2, -0.15) is 0 Å². The lowest BCUT2D eigenvalue weighted by Gasteiger charge is -2.08. The van der Waals surface area contributed by atoms with Crippen molar-refractivity contribution in [2.45, 2.75) is 0 Å². The molecular weight excluding hydrogens is 366 g/mol. The van der Waals surface area contributed by atoms with Gasteiger partial charge in [-0.05, 0) is 40.8 Å². The van der Waals surface area contributed by atoms with E-state index in [0.29, 0.717) is 9.26 Å². The van der Waals surface area contributed by atoms with Gasteiger partial charge in [-0.1, -0.05) is 12.2 Å². The molecule has 0 atom stereocenters. The Kier molecular flexibility index (Phi) is 4.44. The van der Waals surface area contributed by atoms with Gasteiger partial charge in [0.25, 0.3) is 0 Å². The van der Waals surface area contributed by atoms with Crippen molar-refractivity contribution in [1.29, 1.82) is 0 Å². The lowest BCUT2D eigenvalue weighted by Crippen LogP contribution is -2.26. The third-order valence-electron chi connectivity index (χ3n) is 1.53. The first-order chi connectivity index (χ1) is 7.30. The zero-order chi connectivity index (χ0) is 12.3. The quantitative estimate of drug-likeness (QED) is 0.619. The van der Waals surface area contributed by atoms with Crippen molar-refractivity contribution in [3.8, 4) is 0 Å². The molecule has 0 heterocycles. The minimum Gasteiger partial charge on any atom is -0.392 e. The van der Waals surface area contributed by atoms with Crippen molar-refractivity contribution in [2.24, 2.45) is 5.73 Å². The summed E-state index contributed by atoms with van der Waals surface area (Å²) in [6.45, 7) is 0. The molecule has 4 nitrogen and oxygen atoms in total. The van der Waals surface area contributed by atoms with Crippen LogP contribution in [0.1, 0.15) is 0 Å². The summed E-state index contributed by atoms with van der Waals surface area (Å²) in [5.74, 6) is -0.864. The molecule has 8 heteroatoms. The van der Waals surface area contributed by atoms with Crippen LogP contribution in [0.5, 0.6) is 0 Å². The van der Waals surface area contributed by atoms with Crippen LogP contribution in [0.15, 0.2) is 18.2 Å². The molecule has 0 fully saturated rings. The molecule has 88 valence electrons. The minimum absolute atomic E-state index is 0.121. The second-order valence-electron chi connectivity index (χ2n) is 2.95. The number of hydrogen-bond acceptors (Lipinski definition) is 3. The summed E-state index contributed by atoms with van der Waals surface area (Å²) in [5.41, 5.74) is 5.45. The molecule has 0 radical (unpaired) electrons. The van der Waals surface area contributed by atoms with Crippen LogP contribution in [-0.2, 0) is 10.0 Å². The summed E-state index contributed by atoms with van der Waals surface area (Å²) in [5, 5.41) is 0. The number of sulfonamides is 1. The van der Waals surface area contributed by atoms with E-state index >= 15 is 0 Å². The van der Waals surface area contributed by atoms with Gasteiger partial charge >= 0.3 is 0 Å². The smallest absolute Gasteiger partial charge is 0.239 e. The molecule has 0 bridgehead atoms. The van der Waals surface area contributed by atoms with Gasteiger partial charge in [0.2, 0.25) is 10.0 Å². The maximum atomic E-state index is 12.8. The second kappa shape index (κ2) is 5.23. The van der Waals surface area contributed by atoms with Crippen LogP contribution in [0.25, 0.3) is 0 Å². The molecule has 0 saturated heterocycles. The van der Waals surface area contributed by atoms with Gasteiger partial charge in [0, 0.05) is 3.57 Å². The highest BCUT2D eigenvalue weighted by Crippen LogP contribution is 2.20. The van der Waals surface area contributed by atoms with Crippen molar-refractivity contribution >= 4 is 55.5 Å². The average Bonchev–Trinajstić information content (AvgIpc) is 2.07. The number of hydrogen-bond donors (Lipinski definition) is 2. The Morgan fingerprint density at radius 3 is 2.69 bits per heavy atom. The van der Waals surface area contributed by atoms with E-state index < -0.39 is 21.6 Å². The molecule has 1 aromatic carbocycles. The first-order valence-corrected chi connectivity index (χ1v) is 7.18. The Bertz CT molecular complexity index is 519. The van der Waals surface area contributed by atoms with Crippen molar-refractivity contribution in [1.82, 2.24) is 0 Å². The van der Waals surface area contributed by atoms with E-state index in [2.05, 4.69) is 16.9 Å². The van der Waals surface area contributed by atoms with Crippen LogP contribution < -0.4 is 10.5 Å². The molecule has 0 amide bonds. The van der Waals surface area contributed by atoms with Crippen molar-refractivity contribution in [2.75, 3.05) is 10.5 Å². The number of benzene rings is 1. The summed E-state index contributed by atoms with van der Waals surface area (Å²) in [6, 6.07) is 3.73. The summed E-state index contributed by atoms with van der Waals surface area (Å²) in [4.78, 5) is -0.121. The molecule has 0 aliphatic carbocycles. The predicted octanol–water partition coefficient (Wildman–Crippen LogP) is 1.46. The normalized spacial score (nSPS) is 11.1. The highest BCUT2D eigenvalue weighted by atomic mass is 127. The number of thiocarbonyl (C=S) groups is 1. The molecule has 0 spiro atoms. The first kappa shape index (κ1) is 13.6. The van der Waals surface area contributed by atoms with Crippen LogP contribution in [0, 0.1) is 9.39 Å². The molecule has 3 N–H and O–H groups in total. The summed E-state index contributed by atoms with van der Waals surface area (Å²) >= 11 is 6.34. The maximum absolute atomic E-state index is 12.8. The molecule has 0 saturated carbocycles. The Morgan fingerprint density at radius 1 is 1.56 bits per heavy atom. The van der Waals surface area contributed by atoms with Gasteiger partial charge in [0.05, 0.1) is 10.7 Å². The molecule has 1 rings (SSSR count). The van der Waals surface area contributed by atoms with E-state index in [1.165, 1.54) is 18.2 Å². The van der Waals surface area contributed by atoms with E-state index in [1.807, 2.05) is 22.6 Å². The Labute approximate surface area is 112 Å². The van der Waals surface area contributed by atoms with Gasteiger partial charge in [0.15, 0.2) is 0 Å². The molecule has 0 aliphatic heterocycles. The summed E-state index contributed by atoms with van der Waals surface area (Å²) in [7, 11) is -3.61. The maximum Gasteiger partial charge on any atom is 0.239 e. The van der Waals surface area contributed by atoms with Crippen LogP contribution >= 0.6 is 34.8 Å². The Hall–Kier alpha value is -0.480. The van der Waals surface area contributed by atoms with Crippen molar-refractivity contribution in [3.63, 3.8) is 0 Å². The van der Waals surface area contributed by atoms with Gasteiger partial charge in [0.1, 0.15) is 11.6 Å². The molecule has 16 heavy (non-hydrogen) atoms. The van der Waals surface area contributed by atoms with Crippen LogP contribution in [-0.4, -0.2) is 19.2 Å². The number of nitrogens with two attached hydrogens (primary N) is 1. The standard InChI is InChI=1S/C8H8FIN2O2S2/c9-5-1-2-7(6(10)3-5)12-16(13,14)4-8(11)15/h1-3,12H,4H2,(H2,11,15). The van der Waals surface area contributed by atoms with Gasteiger partial charge < -0.3 is 5.73 Å². The van der Waals surface area contributed by atoms with Gasteiger partial charge in [-0.3, -0.25) is 4.72 Å². The lowest BCUT2D eigenvalue weighted by atomic mass is 10.3. The lowest BCUT2D eigenvalue weighted by molar-refractivity contribution is 0.604. The molecular formula is C8H8FIN2O2S2. The zero-order valence-electron chi connectivity index (χ0n) is 7.91. The van der Waals surface area contributed by atoms with Crippen molar-refractivity contribution in [3.05, 3.63) is 27.6 Å². The number of halogens is 2. The minimum atomic E-state index is -3.61. The third-order valence-corrected chi connectivity index (χ3v) is 3.97. The summed E-state index contributed by atoms with van der Waals surface area (Å²) in [6.07, 6.45) is 0. The Balaban J connectivity index is 2.92. The molecule has 0 aromatic heterocycles. The molecule has 1 aromatic rings. The molecule has 0 unspecified atom stereocenters. The van der Waals surface area contributed by atoms with Crippen LogP contribution in [0.2, 0.25) is 0 Å². The van der Waals surface area contributed by atoms with Crippen molar-refractivity contribution < 1.29 is 12.8 Å². The zero-order valence-corrected chi connectivity index (χ0v) is 11.7. The second-order valence-corrected chi connectivity index (χ2v) is 6.36. The highest BCUT2D eigenvalue weighted by Gasteiger charge is 2.13. The Morgan fingerprint density at radius 2 is 2.19 bits per heavy atom. The van der Waals surface area contributed by atoms with E-state index in [1.54, 1.807) is 0 Å². The van der Waals surface area contributed by atoms with Gasteiger partial charge in [-0.15, -0.1) is 0 Å². The first-order valence-electron chi connectivity index (χ1n) is 4.04. The fourth-order valence-electron chi connectivity index (χ4n) is 0.963. The average molecular weight is 374 g/mol. The van der Waals surface area contributed by atoms with E-state index in [9.17, 15) is 12.8 Å². The fraction of sp³-hybridized carbons (Fsp3) is 0.125. The SMILES string of the molecule is NC(=S)CS(=O)(=O)Nc1ccc(F)cc1I. The number of nitrogens with one attached hydrogen (secondary N) is 1. The van der Waals surface area contributed by atoms with Crippen LogP contribution in [0.3, 0.4) is 0 Å². The third kappa shape index (κ3) is 4.18. The fourth-order valence-corrected chi connectivity index (χ4v) is 3.18. The van der Waals surface area contributed by atoms with Crippen LogP contribution in [0.4, 0.5) is 10.1 Å². The number of anilines is 1. The monoisotopic (exact) mass is 374 g/mol.